The van der Waals surface area contributed by atoms with Gasteiger partial charge < -0.3 is 10.1 Å². The van der Waals surface area contributed by atoms with Gasteiger partial charge in [0.1, 0.15) is 5.75 Å². The lowest BCUT2D eigenvalue weighted by Crippen LogP contribution is -2.11. The minimum Gasteiger partial charge on any atom is -0.496 e. The Morgan fingerprint density at radius 3 is 2.60 bits per heavy atom. The van der Waals surface area contributed by atoms with Crippen molar-refractivity contribution < 1.29 is 4.74 Å². The van der Waals surface area contributed by atoms with Crippen LogP contribution in [0.5, 0.6) is 5.75 Å². The van der Waals surface area contributed by atoms with Crippen LogP contribution in [0, 0.1) is 6.92 Å². The van der Waals surface area contributed by atoms with Crippen molar-refractivity contribution in [2.45, 2.75) is 26.3 Å². The van der Waals surface area contributed by atoms with E-state index in [1.54, 1.807) is 7.11 Å². The molecule has 0 bridgehead atoms. The number of hydrogen-bond acceptors (Lipinski definition) is 2. The molecule has 3 heteroatoms. The lowest BCUT2D eigenvalue weighted by molar-refractivity contribution is 0.406. The van der Waals surface area contributed by atoms with Crippen molar-refractivity contribution in [2.24, 2.45) is 0 Å². The van der Waals surface area contributed by atoms with Gasteiger partial charge in [0.15, 0.2) is 0 Å². The molecule has 0 heterocycles. The number of benzene rings is 2. The maximum atomic E-state index is 5.47. The van der Waals surface area contributed by atoms with Gasteiger partial charge in [-0.25, -0.2) is 0 Å². The fourth-order valence-electron chi connectivity index (χ4n) is 2.33. The van der Waals surface area contributed by atoms with Gasteiger partial charge in [-0.1, -0.05) is 41.1 Å². The second-order valence-electron chi connectivity index (χ2n) is 4.81. The highest BCUT2D eigenvalue weighted by Gasteiger charge is 2.14. The number of methoxy groups -OCH3 is 1. The highest BCUT2D eigenvalue weighted by Crippen LogP contribution is 2.31. The highest BCUT2D eigenvalue weighted by molar-refractivity contribution is 9.10. The van der Waals surface area contributed by atoms with Gasteiger partial charge in [-0.2, -0.15) is 0 Å². The molecule has 0 amide bonds. The number of halogens is 1. The molecule has 0 aliphatic carbocycles. The van der Waals surface area contributed by atoms with Gasteiger partial charge in [-0.3, -0.25) is 0 Å². The van der Waals surface area contributed by atoms with Crippen LogP contribution in [0.2, 0.25) is 0 Å². The van der Waals surface area contributed by atoms with Gasteiger partial charge in [0.2, 0.25) is 0 Å². The zero-order chi connectivity index (χ0) is 14.5. The van der Waals surface area contributed by atoms with E-state index in [1.807, 2.05) is 12.1 Å². The summed E-state index contributed by atoms with van der Waals surface area (Å²) in [6.45, 7) is 4.29. The van der Waals surface area contributed by atoms with Gasteiger partial charge in [0.25, 0.3) is 0 Å². The molecule has 0 radical (unpaired) electrons. The quantitative estimate of drug-likeness (QED) is 0.798. The molecular weight excluding hydrogens is 314 g/mol. The largest absolute Gasteiger partial charge is 0.496 e. The fourth-order valence-corrected chi connectivity index (χ4v) is 2.81. The summed E-state index contributed by atoms with van der Waals surface area (Å²) in [6.07, 6.45) is 0.996. The molecule has 2 aromatic carbocycles. The van der Waals surface area contributed by atoms with E-state index >= 15 is 0 Å². The zero-order valence-electron chi connectivity index (χ0n) is 12.1. The van der Waals surface area contributed by atoms with Crippen LogP contribution in [0.15, 0.2) is 46.9 Å². The Bertz CT molecular complexity index is 583. The first kappa shape index (κ1) is 14.9. The van der Waals surface area contributed by atoms with Crippen LogP contribution in [-0.4, -0.2) is 7.11 Å². The second kappa shape index (κ2) is 6.80. The third-order valence-corrected chi connectivity index (χ3v) is 3.93. The number of anilines is 1. The van der Waals surface area contributed by atoms with Crippen molar-refractivity contribution in [3.8, 4) is 5.75 Å². The summed E-state index contributed by atoms with van der Waals surface area (Å²) < 4.78 is 6.57. The van der Waals surface area contributed by atoms with Crippen molar-refractivity contribution in [1.29, 1.82) is 0 Å². The first-order valence-electron chi connectivity index (χ1n) is 6.81. The topological polar surface area (TPSA) is 21.3 Å². The van der Waals surface area contributed by atoms with E-state index in [1.165, 1.54) is 11.1 Å². The standard InChI is InChI=1S/C17H20BrNO/c1-4-15(14-7-5-6-8-17(14)20-3)19-16-10-9-13(18)11-12(16)2/h5-11,15,19H,4H2,1-3H3. The van der Waals surface area contributed by atoms with E-state index < -0.39 is 0 Å². The van der Waals surface area contributed by atoms with Gasteiger partial charge >= 0.3 is 0 Å². The SMILES string of the molecule is CCC(Nc1ccc(Br)cc1C)c1ccccc1OC. The average Bonchev–Trinajstić information content (AvgIpc) is 2.46. The molecule has 106 valence electrons. The van der Waals surface area contributed by atoms with E-state index in [2.05, 4.69) is 65.4 Å². The molecule has 0 spiro atoms. The molecule has 0 aliphatic heterocycles. The van der Waals surface area contributed by atoms with E-state index in [-0.39, 0.29) is 6.04 Å². The first-order chi connectivity index (χ1) is 9.65. The molecule has 1 N–H and O–H groups in total. The lowest BCUT2D eigenvalue weighted by Gasteiger charge is -2.22. The van der Waals surface area contributed by atoms with E-state index in [9.17, 15) is 0 Å². The van der Waals surface area contributed by atoms with Crippen molar-refractivity contribution >= 4 is 21.6 Å². The molecule has 2 nitrogen and oxygen atoms in total. The lowest BCUT2D eigenvalue weighted by atomic mass is 10.0. The maximum Gasteiger partial charge on any atom is 0.124 e. The van der Waals surface area contributed by atoms with Crippen LogP contribution in [-0.2, 0) is 0 Å². The van der Waals surface area contributed by atoms with Crippen molar-refractivity contribution in [3.63, 3.8) is 0 Å². The molecule has 0 saturated carbocycles. The molecule has 0 aliphatic rings. The summed E-state index contributed by atoms with van der Waals surface area (Å²) >= 11 is 3.50. The van der Waals surface area contributed by atoms with Gasteiger partial charge in [-0.05, 0) is 43.2 Å². The van der Waals surface area contributed by atoms with Crippen molar-refractivity contribution in [1.82, 2.24) is 0 Å². The highest BCUT2D eigenvalue weighted by atomic mass is 79.9. The Balaban J connectivity index is 2.29. The smallest absolute Gasteiger partial charge is 0.124 e. The first-order valence-corrected chi connectivity index (χ1v) is 7.60. The molecule has 0 fully saturated rings. The average molecular weight is 334 g/mol. The normalized spacial score (nSPS) is 12.0. The predicted octanol–water partition coefficient (Wildman–Crippen LogP) is 5.33. The third kappa shape index (κ3) is 3.34. The number of para-hydroxylation sites is 1. The van der Waals surface area contributed by atoms with Crippen molar-refractivity contribution in [3.05, 3.63) is 58.1 Å². The number of ether oxygens (including phenoxy) is 1. The molecule has 0 aromatic heterocycles. The number of rotatable bonds is 5. The summed E-state index contributed by atoms with van der Waals surface area (Å²) in [5, 5.41) is 3.61. The van der Waals surface area contributed by atoms with Gasteiger partial charge in [0, 0.05) is 15.7 Å². The predicted molar refractivity (Wildman–Crippen MR) is 88.5 cm³/mol. The fraction of sp³-hybridized carbons (Fsp3) is 0.294. The Morgan fingerprint density at radius 1 is 1.20 bits per heavy atom. The molecule has 2 rings (SSSR count). The van der Waals surface area contributed by atoms with Crippen LogP contribution in [0.3, 0.4) is 0 Å². The summed E-state index contributed by atoms with van der Waals surface area (Å²) in [6, 6.07) is 14.7. The Morgan fingerprint density at radius 2 is 1.95 bits per heavy atom. The second-order valence-corrected chi connectivity index (χ2v) is 5.72. The molecule has 20 heavy (non-hydrogen) atoms. The Labute approximate surface area is 129 Å². The van der Waals surface area contributed by atoms with Crippen LogP contribution in [0.4, 0.5) is 5.69 Å². The molecule has 1 unspecified atom stereocenters. The summed E-state index contributed by atoms with van der Waals surface area (Å²) in [7, 11) is 1.72. The Hall–Kier alpha value is -1.48. The van der Waals surface area contributed by atoms with E-state index in [4.69, 9.17) is 4.74 Å². The molecule has 2 aromatic rings. The molecule has 0 saturated heterocycles. The van der Waals surface area contributed by atoms with Crippen LogP contribution >= 0.6 is 15.9 Å². The summed E-state index contributed by atoms with van der Waals surface area (Å²) in [4.78, 5) is 0. The monoisotopic (exact) mass is 333 g/mol. The van der Waals surface area contributed by atoms with Crippen LogP contribution in [0.1, 0.15) is 30.5 Å². The zero-order valence-corrected chi connectivity index (χ0v) is 13.7. The van der Waals surface area contributed by atoms with Gasteiger partial charge in [0.05, 0.1) is 13.2 Å². The molecular formula is C17H20BrNO. The molecule has 1 atom stereocenters. The number of hydrogen-bond donors (Lipinski definition) is 1. The minimum atomic E-state index is 0.242. The maximum absolute atomic E-state index is 5.47. The van der Waals surface area contributed by atoms with E-state index in [0.717, 1.165) is 22.3 Å². The van der Waals surface area contributed by atoms with E-state index in [0.29, 0.717) is 0 Å². The van der Waals surface area contributed by atoms with Gasteiger partial charge in [-0.15, -0.1) is 0 Å². The third-order valence-electron chi connectivity index (χ3n) is 3.44. The number of aryl methyl sites for hydroxylation is 1. The summed E-state index contributed by atoms with van der Waals surface area (Å²) in [5.74, 6) is 0.932. The van der Waals surface area contributed by atoms with Crippen LogP contribution in [0.25, 0.3) is 0 Å². The van der Waals surface area contributed by atoms with Crippen molar-refractivity contribution in [2.75, 3.05) is 12.4 Å². The summed E-state index contributed by atoms with van der Waals surface area (Å²) in [5.41, 5.74) is 3.58. The number of nitrogens with one attached hydrogen (secondary N) is 1. The minimum absolute atomic E-state index is 0.242. The Kier molecular flexibility index (Phi) is 5.07. The van der Waals surface area contributed by atoms with Crippen LogP contribution < -0.4 is 10.1 Å².